The first-order valence-electron chi connectivity index (χ1n) is 18.3. The fraction of sp³-hybridized carbons (Fsp3) is 0.167. The number of nitrogens with zero attached hydrogens (tertiary/aromatic N) is 2. The van der Waals surface area contributed by atoms with Crippen LogP contribution in [0.4, 0.5) is 0 Å². The molecule has 0 saturated heterocycles. The van der Waals surface area contributed by atoms with E-state index in [1.54, 1.807) is 24.3 Å². The summed E-state index contributed by atoms with van der Waals surface area (Å²) in [5, 5.41) is 18.0. The average molecular weight is 711 g/mol. The second-order valence-corrected chi connectivity index (χ2v) is 12.8. The first-order valence-corrected chi connectivity index (χ1v) is 18.3. The lowest BCUT2D eigenvalue weighted by Crippen LogP contribution is -2.05. The molecule has 0 fully saturated rings. The molecule has 6 aromatic carbocycles. The molecule has 6 heteroatoms. The Morgan fingerprint density at radius 2 is 0.741 bits per heavy atom. The van der Waals surface area contributed by atoms with Crippen LogP contribution in [0.5, 0.6) is 23.0 Å². The van der Waals surface area contributed by atoms with Gasteiger partial charge in [0.05, 0.1) is 36.5 Å². The minimum atomic E-state index is 0.626. The first-order chi connectivity index (χ1) is 26.7. The van der Waals surface area contributed by atoms with Crippen LogP contribution in [-0.4, -0.2) is 13.2 Å². The summed E-state index contributed by atoms with van der Waals surface area (Å²) in [5.41, 5.74) is 5.52. The van der Waals surface area contributed by atoms with Crippen molar-refractivity contribution in [3.63, 3.8) is 0 Å². The molecule has 0 aliphatic carbocycles. The number of benzene rings is 6. The van der Waals surface area contributed by atoms with Crippen LogP contribution in [0.15, 0.2) is 158 Å². The van der Waals surface area contributed by atoms with Crippen LogP contribution in [0.2, 0.25) is 0 Å². The molecule has 6 aromatic rings. The van der Waals surface area contributed by atoms with Crippen molar-refractivity contribution in [2.24, 2.45) is 0 Å². The largest absolute Gasteiger partial charge is 0.494 e. The fourth-order valence-corrected chi connectivity index (χ4v) is 5.83. The van der Waals surface area contributed by atoms with Gasteiger partial charge in [-0.25, -0.2) is 0 Å². The summed E-state index contributed by atoms with van der Waals surface area (Å²) in [7, 11) is 0. The van der Waals surface area contributed by atoms with Crippen LogP contribution in [0.3, 0.4) is 0 Å². The van der Waals surface area contributed by atoms with E-state index in [-0.39, 0.29) is 0 Å². The third kappa shape index (κ3) is 11.1. The number of unbranched alkanes of at least 4 members (excludes halogenated alkanes) is 2. The molecule has 0 saturated carbocycles. The average Bonchev–Trinajstić information content (AvgIpc) is 3.24. The molecular weight excluding hydrogens is 669 g/mol. The van der Waals surface area contributed by atoms with Crippen LogP contribution in [0.1, 0.15) is 59.1 Å². The number of hydrogen-bond donors (Lipinski definition) is 0. The summed E-state index contributed by atoms with van der Waals surface area (Å²) in [5.74, 6) is 4.25. The highest BCUT2D eigenvalue weighted by molar-refractivity contribution is 5.86. The zero-order valence-corrected chi connectivity index (χ0v) is 30.2. The van der Waals surface area contributed by atoms with Gasteiger partial charge in [0.1, 0.15) is 23.0 Å². The number of nitriles is 2. The molecule has 0 spiro atoms. The van der Waals surface area contributed by atoms with Crippen LogP contribution >= 0.6 is 0 Å². The fourth-order valence-electron chi connectivity index (χ4n) is 5.83. The lowest BCUT2D eigenvalue weighted by molar-refractivity contribution is 0.307. The summed E-state index contributed by atoms with van der Waals surface area (Å²) >= 11 is 0. The molecule has 0 atom stereocenters. The number of ether oxygens (including phenoxy) is 4. The summed E-state index contributed by atoms with van der Waals surface area (Å²) < 4.78 is 25.0. The van der Waals surface area contributed by atoms with E-state index in [0.717, 1.165) is 72.6 Å². The van der Waals surface area contributed by atoms with Gasteiger partial charge in [0.15, 0.2) is 11.5 Å². The molecule has 0 bridgehead atoms. The molecule has 0 N–H and O–H groups in total. The molecule has 0 radical (unpaired) electrons. The van der Waals surface area contributed by atoms with E-state index in [4.69, 9.17) is 29.5 Å². The van der Waals surface area contributed by atoms with Gasteiger partial charge in [-0.2, -0.15) is 10.5 Å². The smallest absolute Gasteiger partial charge is 0.177 e. The second kappa shape index (κ2) is 19.7. The summed E-state index contributed by atoms with van der Waals surface area (Å²) in [6.45, 7) is 1.25. The van der Waals surface area contributed by atoms with Gasteiger partial charge in [0.2, 0.25) is 0 Å². The molecule has 6 rings (SSSR count). The van der Waals surface area contributed by atoms with Crippen LogP contribution in [0.25, 0.3) is 11.5 Å². The van der Waals surface area contributed by atoms with Gasteiger partial charge in [-0.05, 0) is 122 Å². The summed E-state index contributed by atoms with van der Waals surface area (Å²) in [6, 6.07) is 55.3. The third-order valence-electron chi connectivity index (χ3n) is 8.79. The molecule has 0 heterocycles. The highest BCUT2D eigenvalue weighted by atomic mass is 16.5. The van der Waals surface area contributed by atoms with Gasteiger partial charge in [0, 0.05) is 11.1 Å². The van der Waals surface area contributed by atoms with Crippen LogP contribution < -0.4 is 18.9 Å². The lowest BCUT2D eigenvalue weighted by atomic mass is 10.1. The van der Waals surface area contributed by atoms with Crippen molar-refractivity contribution in [2.45, 2.75) is 38.5 Å². The highest BCUT2D eigenvalue weighted by Crippen LogP contribution is 2.32. The maximum atomic E-state index is 8.98. The van der Waals surface area contributed by atoms with Crippen LogP contribution in [0, 0.1) is 22.7 Å². The van der Waals surface area contributed by atoms with Gasteiger partial charge in [-0.1, -0.05) is 84.9 Å². The van der Waals surface area contributed by atoms with Crippen LogP contribution in [-0.2, 0) is 12.8 Å². The first kappa shape index (κ1) is 37.0. The van der Waals surface area contributed by atoms with E-state index in [9.17, 15) is 0 Å². The highest BCUT2D eigenvalue weighted by Gasteiger charge is 2.18. The van der Waals surface area contributed by atoms with E-state index in [0.29, 0.717) is 35.9 Å². The Kier molecular flexibility index (Phi) is 13.5. The van der Waals surface area contributed by atoms with E-state index in [1.807, 2.05) is 109 Å². The van der Waals surface area contributed by atoms with Gasteiger partial charge in [0.25, 0.3) is 0 Å². The van der Waals surface area contributed by atoms with Gasteiger partial charge in [-0.3, -0.25) is 0 Å². The predicted octanol–water partition coefficient (Wildman–Crippen LogP) is 11.2. The molecule has 268 valence electrons. The zero-order chi connectivity index (χ0) is 37.2. The van der Waals surface area contributed by atoms with E-state index in [1.165, 1.54) is 11.1 Å². The summed E-state index contributed by atoms with van der Waals surface area (Å²) in [6.07, 6.45) is 5.69. The second-order valence-electron chi connectivity index (χ2n) is 12.8. The topological polar surface area (TPSA) is 84.5 Å². The Hall–Kier alpha value is -6.76. The van der Waals surface area contributed by atoms with Crippen molar-refractivity contribution >= 4 is 11.5 Å². The molecule has 0 amide bonds. The van der Waals surface area contributed by atoms with Gasteiger partial charge in [-0.15, -0.1) is 0 Å². The molecule has 6 nitrogen and oxygen atoms in total. The molecule has 0 unspecified atom stereocenters. The number of aryl methyl sites for hydroxylation is 2. The van der Waals surface area contributed by atoms with Crippen molar-refractivity contribution in [2.75, 3.05) is 13.2 Å². The molecule has 0 aliphatic rings. The lowest BCUT2D eigenvalue weighted by Gasteiger charge is -2.18. The Bertz CT molecular complexity index is 1990. The SMILES string of the molecule is N#Cc1ccc(OCCCCc2ccc(O/C(=C(/Oc3ccc(CCCCOc4ccc(C#N)cc4)cc3)c3ccccc3)c3ccccc3)cc2)cc1. The quantitative estimate of drug-likeness (QED) is 0.0501. The minimum Gasteiger partial charge on any atom is -0.494 e. The molecule has 0 aliphatic heterocycles. The van der Waals surface area contributed by atoms with Crippen molar-refractivity contribution in [1.82, 2.24) is 0 Å². The van der Waals surface area contributed by atoms with Crippen molar-refractivity contribution in [3.05, 3.63) is 191 Å². The molecular formula is C48H42N2O4. The van der Waals surface area contributed by atoms with E-state index < -0.39 is 0 Å². The Morgan fingerprint density at radius 1 is 0.389 bits per heavy atom. The number of hydrogen-bond acceptors (Lipinski definition) is 6. The third-order valence-corrected chi connectivity index (χ3v) is 8.79. The van der Waals surface area contributed by atoms with Gasteiger partial charge < -0.3 is 18.9 Å². The van der Waals surface area contributed by atoms with Crippen molar-refractivity contribution in [3.8, 4) is 35.1 Å². The van der Waals surface area contributed by atoms with E-state index >= 15 is 0 Å². The Morgan fingerprint density at radius 3 is 1.09 bits per heavy atom. The standard InChI is InChI=1S/C48H42N2O4/c49-35-39-21-25-43(26-22-39)51-33-9-7-11-37-17-29-45(30-18-37)53-47(41-13-3-1-4-14-41)48(42-15-5-2-6-16-42)54-46-31-19-38(20-32-46)12-8-10-34-52-44-27-23-40(36-50)24-28-44/h1-6,13-32H,7-12,33-34H2/b48-47+. The zero-order valence-electron chi connectivity index (χ0n) is 30.2. The Labute approximate surface area is 318 Å². The Balaban J connectivity index is 1.09. The number of rotatable bonds is 18. The monoisotopic (exact) mass is 710 g/mol. The maximum absolute atomic E-state index is 8.98. The maximum Gasteiger partial charge on any atom is 0.177 e. The minimum absolute atomic E-state index is 0.626. The normalized spacial score (nSPS) is 11.1. The molecule has 54 heavy (non-hydrogen) atoms. The van der Waals surface area contributed by atoms with E-state index in [2.05, 4.69) is 36.4 Å². The van der Waals surface area contributed by atoms with Crippen molar-refractivity contribution < 1.29 is 18.9 Å². The van der Waals surface area contributed by atoms with Crippen molar-refractivity contribution in [1.29, 1.82) is 10.5 Å². The molecule has 0 aromatic heterocycles. The summed E-state index contributed by atoms with van der Waals surface area (Å²) in [4.78, 5) is 0. The predicted molar refractivity (Wildman–Crippen MR) is 213 cm³/mol. The van der Waals surface area contributed by atoms with Gasteiger partial charge >= 0.3 is 0 Å².